The van der Waals surface area contributed by atoms with E-state index < -0.39 is 0 Å². The van der Waals surface area contributed by atoms with Crippen LogP contribution in [0.1, 0.15) is 31.4 Å². The molecule has 1 aromatic heterocycles. The molecule has 1 saturated carbocycles. The Morgan fingerprint density at radius 2 is 2.31 bits per heavy atom. The van der Waals surface area contributed by atoms with Gasteiger partial charge in [0.2, 0.25) is 0 Å². The largest absolute Gasteiger partial charge is 0.376 e. The van der Waals surface area contributed by atoms with Gasteiger partial charge >= 0.3 is 0 Å². The maximum absolute atomic E-state index is 5.92. The van der Waals surface area contributed by atoms with E-state index in [1.807, 2.05) is 7.05 Å². The van der Waals surface area contributed by atoms with Gasteiger partial charge in [0, 0.05) is 16.5 Å². The van der Waals surface area contributed by atoms with Crippen molar-refractivity contribution in [1.82, 2.24) is 5.32 Å². The van der Waals surface area contributed by atoms with Crippen LogP contribution in [0.2, 0.25) is 0 Å². The van der Waals surface area contributed by atoms with E-state index in [0.717, 1.165) is 12.5 Å². The molecule has 16 heavy (non-hydrogen) atoms. The fraction of sp³-hybridized carbons (Fsp3) is 0.667. The van der Waals surface area contributed by atoms with Crippen LogP contribution >= 0.6 is 27.3 Å². The summed E-state index contributed by atoms with van der Waals surface area (Å²) < 4.78 is 7.12. The average Bonchev–Trinajstić information content (AvgIpc) is 3.03. The Balaban J connectivity index is 2.16. The lowest BCUT2D eigenvalue weighted by Crippen LogP contribution is -2.33. The number of halogens is 1. The van der Waals surface area contributed by atoms with E-state index in [1.54, 1.807) is 11.3 Å². The minimum Gasteiger partial charge on any atom is -0.376 e. The number of nitrogens with one attached hydrogen (secondary N) is 1. The number of rotatable bonds is 6. The number of thiophene rings is 1. The van der Waals surface area contributed by atoms with Crippen molar-refractivity contribution in [3.05, 3.63) is 20.8 Å². The molecule has 1 fully saturated rings. The van der Waals surface area contributed by atoms with Crippen LogP contribution in [0.4, 0.5) is 0 Å². The van der Waals surface area contributed by atoms with E-state index in [-0.39, 0.29) is 0 Å². The highest BCUT2D eigenvalue weighted by atomic mass is 79.9. The van der Waals surface area contributed by atoms with Crippen LogP contribution in [-0.2, 0) is 4.74 Å². The Morgan fingerprint density at radius 1 is 1.56 bits per heavy atom. The molecule has 2 unspecified atom stereocenters. The molecule has 0 aliphatic heterocycles. The third-order valence-electron chi connectivity index (χ3n) is 3.06. The van der Waals surface area contributed by atoms with Gasteiger partial charge in [-0.15, -0.1) is 0 Å². The third-order valence-corrected chi connectivity index (χ3v) is 4.81. The van der Waals surface area contributed by atoms with Gasteiger partial charge in [0.1, 0.15) is 0 Å². The number of ether oxygens (including phenoxy) is 1. The summed E-state index contributed by atoms with van der Waals surface area (Å²) in [5.41, 5.74) is 1.33. The minimum absolute atomic E-state index is 0.313. The molecule has 90 valence electrons. The second kappa shape index (κ2) is 5.63. The van der Waals surface area contributed by atoms with Gasteiger partial charge in [0.25, 0.3) is 0 Å². The second-order valence-electron chi connectivity index (χ2n) is 4.20. The van der Waals surface area contributed by atoms with Crippen molar-refractivity contribution in [2.75, 3.05) is 13.7 Å². The summed E-state index contributed by atoms with van der Waals surface area (Å²) in [4.78, 5) is 0. The Morgan fingerprint density at radius 3 is 2.75 bits per heavy atom. The van der Waals surface area contributed by atoms with Gasteiger partial charge in [-0.1, -0.05) is 0 Å². The first kappa shape index (κ1) is 12.6. The molecule has 2 atom stereocenters. The number of likely N-dealkylation sites (N-methyl/N-ethyl adjacent to an activating group) is 1. The van der Waals surface area contributed by atoms with Crippen LogP contribution in [-0.4, -0.2) is 19.8 Å². The van der Waals surface area contributed by atoms with E-state index in [9.17, 15) is 0 Å². The fourth-order valence-electron chi connectivity index (χ4n) is 2.13. The molecule has 4 heteroatoms. The Bertz CT molecular complexity index is 338. The first-order valence-electron chi connectivity index (χ1n) is 5.78. The highest BCUT2D eigenvalue weighted by Gasteiger charge is 2.38. The first-order chi connectivity index (χ1) is 7.77. The van der Waals surface area contributed by atoms with Crippen molar-refractivity contribution in [2.24, 2.45) is 5.92 Å². The zero-order valence-electron chi connectivity index (χ0n) is 9.70. The molecule has 1 aromatic rings. The predicted molar refractivity (Wildman–Crippen MR) is 72.0 cm³/mol. The third kappa shape index (κ3) is 2.67. The van der Waals surface area contributed by atoms with Gasteiger partial charge in [-0.3, -0.25) is 0 Å². The maximum atomic E-state index is 5.92. The fourth-order valence-corrected chi connectivity index (χ4v) is 3.71. The van der Waals surface area contributed by atoms with Gasteiger partial charge in [0.05, 0.1) is 12.1 Å². The Labute approximate surface area is 110 Å². The molecule has 0 spiro atoms. The lowest BCUT2D eigenvalue weighted by atomic mass is 10.0. The van der Waals surface area contributed by atoms with Crippen molar-refractivity contribution >= 4 is 27.3 Å². The Hall–Kier alpha value is 0.100. The molecular formula is C12H18BrNOS. The van der Waals surface area contributed by atoms with Crippen LogP contribution in [0.5, 0.6) is 0 Å². The summed E-state index contributed by atoms with van der Waals surface area (Å²) in [5.74, 6) is 0.740. The van der Waals surface area contributed by atoms with Crippen LogP contribution in [0, 0.1) is 5.92 Å². The van der Waals surface area contributed by atoms with E-state index in [2.05, 4.69) is 38.9 Å². The smallest absolute Gasteiger partial charge is 0.0798 e. The molecule has 0 saturated heterocycles. The standard InChI is InChI=1S/C12H18BrNOS/c1-3-15-12(8-4-5-8)11(14-2)9-6-16-7-10(9)13/h6-8,11-12,14H,3-5H2,1-2H3. The van der Waals surface area contributed by atoms with Crippen molar-refractivity contribution in [3.63, 3.8) is 0 Å². The first-order valence-corrected chi connectivity index (χ1v) is 7.52. The topological polar surface area (TPSA) is 21.3 Å². The Kier molecular flexibility index (Phi) is 4.41. The van der Waals surface area contributed by atoms with E-state index in [1.165, 1.54) is 22.9 Å². The molecule has 1 N–H and O–H groups in total. The van der Waals surface area contributed by atoms with Crippen molar-refractivity contribution in [1.29, 1.82) is 0 Å². The molecule has 0 bridgehead atoms. The van der Waals surface area contributed by atoms with Gasteiger partial charge < -0.3 is 10.1 Å². The van der Waals surface area contributed by atoms with Crippen LogP contribution in [0.3, 0.4) is 0 Å². The summed E-state index contributed by atoms with van der Waals surface area (Å²) in [6.45, 7) is 2.87. The highest BCUT2D eigenvalue weighted by Crippen LogP contribution is 2.41. The molecular weight excluding hydrogens is 286 g/mol. The summed E-state index contributed by atoms with van der Waals surface area (Å²) in [5, 5.41) is 7.75. The molecule has 2 nitrogen and oxygen atoms in total. The van der Waals surface area contributed by atoms with E-state index >= 15 is 0 Å². The highest BCUT2D eigenvalue weighted by molar-refractivity contribution is 9.10. The second-order valence-corrected chi connectivity index (χ2v) is 5.80. The van der Waals surface area contributed by atoms with Crippen molar-refractivity contribution in [2.45, 2.75) is 31.9 Å². The summed E-state index contributed by atoms with van der Waals surface area (Å²) in [6, 6.07) is 0.313. The van der Waals surface area contributed by atoms with Gasteiger partial charge in [-0.05, 0) is 59.6 Å². The number of hydrogen-bond donors (Lipinski definition) is 1. The molecule has 0 amide bonds. The quantitative estimate of drug-likeness (QED) is 0.867. The van der Waals surface area contributed by atoms with Gasteiger partial charge in [0.15, 0.2) is 0 Å². The lowest BCUT2D eigenvalue weighted by molar-refractivity contribution is 0.0204. The van der Waals surface area contributed by atoms with Crippen LogP contribution < -0.4 is 5.32 Å². The minimum atomic E-state index is 0.313. The molecule has 0 aromatic carbocycles. The van der Waals surface area contributed by atoms with Gasteiger partial charge in [-0.2, -0.15) is 11.3 Å². The number of hydrogen-bond acceptors (Lipinski definition) is 3. The predicted octanol–water partition coefficient (Wildman–Crippen LogP) is 3.59. The SMILES string of the molecule is CCOC(C1CC1)C(NC)c1cscc1Br. The maximum Gasteiger partial charge on any atom is 0.0798 e. The molecule has 2 rings (SSSR count). The molecule has 1 heterocycles. The van der Waals surface area contributed by atoms with Gasteiger partial charge in [-0.25, -0.2) is 0 Å². The summed E-state index contributed by atoms with van der Waals surface area (Å²) >= 11 is 5.35. The lowest BCUT2D eigenvalue weighted by Gasteiger charge is -2.26. The van der Waals surface area contributed by atoms with Crippen LogP contribution in [0.25, 0.3) is 0 Å². The summed E-state index contributed by atoms with van der Waals surface area (Å²) in [7, 11) is 2.02. The summed E-state index contributed by atoms with van der Waals surface area (Å²) in [6.07, 6.45) is 2.94. The molecule has 1 aliphatic rings. The normalized spacial score (nSPS) is 19.7. The van der Waals surface area contributed by atoms with E-state index in [0.29, 0.717) is 12.1 Å². The molecule has 1 aliphatic carbocycles. The molecule has 0 radical (unpaired) electrons. The van der Waals surface area contributed by atoms with Crippen molar-refractivity contribution < 1.29 is 4.74 Å². The van der Waals surface area contributed by atoms with Crippen molar-refractivity contribution in [3.8, 4) is 0 Å². The zero-order valence-corrected chi connectivity index (χ0v) is 12.1. The zero-order chi connectivity index (χ0) is 11.5. The van der Waals surface area contributed by atoms with E-state index in [4.69, 9.17) is 4.74 Å². The monoisotopic (exact) mass is 303 g/mol. The average molecular weight is 304 g/mol. The van der Waals surface area contributed by atoms with Crippen LogP contribution in [0.15, 0.2) is 15.2 Å².